The van der Waals surface area contributed by atoms with Crippen LogP contribution in [0.3, 0.4) is 0 Å². The number of phenols is 1. The third kappa shape index (κ3) is 3.33. The van der Waals surface area contributed by atoms with Crippen LogP contribution in [-0.2, 0) is 23.5 Å². The summed E-state index contributed by atoms with van der Waals surface area (Å²) in [4.78, 5) is 4.24. The number of nitrogens with one attached hydrogen (secondary N) is 1. The average Bonchev–Trinajstić information content (AvgIpc) is 2.75. The number of nitrogens with zero attached hydrogens (tertiary/aromatic N) is 2. The van der Waals surface area contributed by atoms with E-state index in [-0.39, 0.29) is 17.2 Å². The summed E-state index contributed by atoms with van der Waals surface area (Å²) in [7, 11) is -1.68. The van der Waals surface area contributed by atoms with Gasteiger partial charge in [0.05, 0.1) is 4.90 Å². The van der Waals surface area contributed by atoms with E-state index in [2.05, 4.69) is 9.71 Å². The SMILES string of the molecule is Cn1ccnc1CCNS(=O)(=O)c1ccc(O)cc1. The van der Waals surface area contributed by atoms with E-state index in [4.69, 9.17) is 5.11 Å². The molecule has 19 heavy (non-hydrogen) atoms. The number of hydrogen-bond donors (Lipinski definition) is 2. The van der Waals surface area contributed by atoms with Crippen LogP contribution in [0.1, 0.15) is 5.82 Å². The Kier molecular flexibility index (Phi) is 3.87. The van der Waals surface area contributed by atoms with Gasteiger partial charge < -0.3 is 9.67 Å². The Morgan fingerprint density at radius 1 is 1.32 bits per heavy atom. The quantitative estimate of drug-likeness (QED) is 0.842. The molecular formula is C12H15N3O3S. The third-order valence-corrected chi connectivity index (χ3v) is 4.19. The van der Waals surface area contributed by atoms with E-state index in [1.807, 2.05) is 17.8 Å². The minimum Gasteiger partial charge on any atom is -0.508 e. The molecule has 1 aromatic heterocycles. The number of phenolic OH excluding ortho intramolecular Hbond substituents is 1. The number of hydrogen-bond acceptors (Lipinski definition) is 4. The molecule has 0 aliphatic heterocycles. The van der Waals surface area contributed by atoms with Gasteiger partial charge in [0.25, 0.3) is 0 Å². The molecule has 1 heterocycles. The lowest BCUT2D eigenvalue weighted by atomic mass is 10.3. The van der Waals surface area contributed by atoms with Crippen molar-refractivity contribution < 1.29 is 13.5 Å². The molecule has 2 N–H and O–H groups in total. The number of rotatable bonds is 5. The van der Waals surface area contributed by atoms with E-state index < -0.39 is 10.0 Å². The topological polar surface area (TPSA) is 84.2 Å². The largest absolute Gasteiger partial charge is 0.508 e. The van der Waals surface area contributed by atoms with E-state index in [1.165, 1.54) is 24.3 Å². The lowest BCUT2D eigenvalue weighted by Gasteiger charge is -2.07. The zero-order valence-corrected chi connectivity index (χ0v) is 11.3. The molecule has 0 saturated heterocycles. The first-order valence-corrected chi connectivity index (χ1v) is 7.22. The Bertz CT molecular complexity index is 647. The highest BCUT2D eigenvalue weighted by Crippen LogP contribution is 2.13. The minimum absolute atomic E-state index is 0.0342. The lowest BCUT2D eigenvalue weighted by Crippen LogP contribution is -2.26. The van der Waals surface area contributed by atoms with Crippen molar-refractivity contribution in [3.63, 3.8) is 0 Å². The maximum absolute atomic E-state index is 11.9. The average molecular weight is 281 g/mol. The summed E-state index contributed by atoms with van der Waals surface area (Å²) < 4.78 is 28.2. The fraction of sp³-hybridized carbons (Fsp3) is 0.250. The molecule has 0 spiro atoms. The van der Waals surface area contributed by atoms with Crippen LogP contribution in [0.5, 0.6) is 5.75 Å². The Balaban J connectivity index is 1.98. The summed E-state index contributed by atoms with van der Waals surface area (Å²) in [5.41, 5.74) is 0. The molecule has 0 atom stereocenters. The Morgan fingerprint density at radius 2 is 2.00 bits per heavy atom. The first-order chi connectivity index (χ1) is 8.99. The standard InChI is InChI=1S/C12H15N3O3S/c1-15-9-8-13-12(15)6-7-14-19(17,18)11-4-2-10(16)3-5-11/h2-5,8-9,14,16H,6-7H2,1H3. The van der Waals surface area contributed by atoms with Crippen molar-refractivity contribution >= 4 is 10.0 Å². The highest BCUT2D eigenvalue weighted by Gasteiger charge is 2.13. The molecule has 0 fully saturated rings. The van der Waals surface area contributed by atoms with Crippen molar-refractivity contribution in [2.75, 3.05) is 6.54 Å². The Morgan fingerprint density at radius 3 is 2.58 bits per heavy atom. The van der Waals surface area contributed by atoms with Crippen molar-refractivity contribution in [3.05, 3.63) is 42.5 Å². The van der Waals surface area contributed by atoms with Gasteiger partial charge in [0, 0.05) is 32.4 Å². The van der Waals surface area contributed by atoms with Crippen LogP contribution in [0.4, 0.5) is 0 Å². The van der Waals surface area contributed by atoms with E-state index in [1.54, 1.807) is 6.20 Å². The Labute approximate surface area is 111 Å². The third-order valence-electron chi connectivity index (χ3n) is 2.71. The van der Waals surface area contributed by atoms with E-state index in [9.17, 15) is 8.42 Å². The van der Waals surface area contributed by atoms with E-state index in [0.717, 1.165) is 5.82 Å². The zero-order valence-electron chi connectivity index (χ0n) is 10.4. The molecule has 7 heteroatoms. The van der Waals surface area contributed by atoms with Gasteiger partial charge in [-0.05, 0) is 24.3 Å². The van der Waals surface area contributed by atoms with Gasteiger partial charge in [0.1, 0.15) is 11.6 Å². The molecule has 6 nitrogen and oxygen atoms in total. The highest BCUT2D eigenvalue weighted by atomic mass is 32.2. The Hall–Kier alpha value is -1.86. The van der Waals surface area contributed by atoms with Crippen molar-refractivity contribution in [1.29, 1.82) is 0 Å². The molecule has 0 radical (unpaired) electrons. The first-order valence-electron chi connectivity index (χ1n) is 5.74. The second kappa shape index (κ2) is 5.41. The maximum atomic E-state index is 11.9. The molecule has 0 aliphatic rings. The van der Waals surface area contributed by atoms with Gasteiger partial charge in [-0.3, -0.25) is 0 Å². The van der Waals surface area contributed by atoms with Gasteiger partial charge >= 0.3 is 0 Å². The smallest absolute Gasteiger partial charge is 0.240 e. The number of aromatic hydroxyl groups is 1. The summed E-state index contributed by atoms with van der Waals surface area (Å²) in [6.45, 7) is 0.272. The van der Waals surface area contributed by atoms with Crippen LogP contribution in [0.2, 0.25) is 0 Å². The molecule has 0 amide bonds. The molecular weight excluding hydrogens is 266 g/mol. The minimum atomic E-state index is -3.54. The lowest BCUT2D eigenvalue weighted by molar-refractivity contribution is 0.474. The van der Waals surface area contributed by atoms with Gasteiger partial charge in [-0.2, -0.15) is 0 Å². The number of aryl methyl sites for hydroxylation is 1. The van der Waals surface area contributed by atoms with Crippen molar-refractivity contribution in [2.24, 2.45) is 7.05 Å². The summed E-state index contributed by atoms with van der Waals surface area (Å²) in [5, 5.41) is 9.13. The van der Waals surface area contributed by atoms with Crippen LogP contribution in [0.25, 0.3) is 0 Å². The van der Waals surface area contributed by atoms with Crippen LogP contribution >= 0.6 is 0 Å². The summed E-state index contributed by atoms with van der Waals surface area (Å²) in [6, 6.07) is 5.40. The van der Waals surface area contributed by atoms with Crippen molar-refractivity contribution in [3.8, 4) is 5.75 Å². The summed E-state index contributed by atoms with van der Waals surface area (Å²) in [5.74, 6) is 0.848. The van der Waals surface area contributed by atoms with Crippen LogP contribution < -0.4 is 4.72 Å². The molecule has 0 bridgehead atoms. The van der Waals surface area contributed by atoms with Crippen molar-refractivity contribution in [2.45, 2.75) is 11.3 Å². The fourth-order valence-electron chi connectivity index (χ4n) is 1.64. The molecule has 0 unspecified atom stereocenters. The second-order valence-electron chi connectivity index (χ2n) is 4.10. The van der Waals surface area contributed by atoms with Crippen LogP contribution in [0, 0.1) is 0 Å². The fourth-order valence-corrected chi connectivity index (χ4v) is 2.68. The van der Waals surface area contributed by atoms with Gasteiger partial charge in [-0.1, -0.05) is 0 Å². The number of sulfonamides is 1. The molecule has 2 aromatic rings. The first kappa shape index (κ1) is 13.6. The number of aromatic nitrogens is 2. The molecule has 102 valence electrons. The number of benzene rings is 1. The predicted octanol–water partition coefficient (Wildman–Crippen LogP) is 0.647. The summed E-state index contributed by atoms with van der Waals surface area (Å²) in [6.07, 6.45) is 3.99. The summed E-state index contributed by atoms with van der Waals surface area (Å²) >= 11 is 0. The molecule has 2 rings (SSSR count). The molecule has 0 aliphatic carbocycles. The predicted molar refractivity (Wildman–Crippen MR) is 70.2 cm³/mol. The van der Waals surface area contributed by atoms with Gasteiger partial charge in [-0.25, -0.2) is 18.1 Å². The van der Waals surface area contributed by atoms with Gasteiger partial charge in [-0.15, -0.1) is 0 Å². The monoisotopic (exact) mass is 281 g/mol. The zero-order chi connectivity index (χ0) is 13.9. The maximum Gasteiger partial charge on any atom is 0.240 e. The second-order valence-corrected chi connectivity index (χ2v) is 5.86. The molecule has 0 saturated carbocycles. The van der Waals surface area contributed by atoms with E-state index in [0.29, 0.717) is 6.42 Å². The van der Waals surface area contributed by atoms with E-state index >= 15 is 0 Å². The highest BCUT2D eigenvalue weighted by molar-refractivity contribution is 7.89. The molecule has 1 aromatic carbocycles. The van der Waals surface area contributed by atoms with Gasteiger partial charge in [0.15, 0.2) is 0 Å². The normalized spacial score (nSPS) is 11.6. The van der Waals surface area contributed by atoms with Crippen molar-refractivity contribution in [1.82, 2.24) is 14.3 Å². The van der Waals surface area contributed by atoms with Crippen LogP contribution in [0.15, 0.2) is 41.6 Å². The van der Waals surface area contributed by atoms with Crippen LogP contribution in [-0.4, -0.2) is 29.6 Å². The number of imidazole rings is 1. The van der Waals surface area contributed by atoms with Gasteiger partial charge in [0.2, 0.25) is 10.0 Å².